The van der Waals surface area contributed by atoms with Gasteiger partial charge in [0.1, 0.15) is 0 Å². The SMILES string of the molecule is ClCC1CCCN1Cc1cn2ccsc2n1. The number of halogens is 1. The molecule has 0 aromatic carbocycles. The lowest BCUT2D eigenvalue weighted by atomic mass is 10.2. The zero-order chi connectivity index (χ0) is 11.0. The zero-order valence-corrected chi connectivity index (χ0v) is 10.5. The summed E-state index contributed by atoms with van der Waals surface area (Å²) in [6.45, 7) is 2.09. The number of rotatable bonds is 3. The molecule has 0 N–H and O–H groups in total. The highest BCUT2D eigenvalue weighted by atomic mass is 35.5. The van der Waals surface area contributed by atoms with Gasteiger partial charge in [-0.1, -0.05) is 0 Å². The van der Waals surface area contributed by atoms with E-state index in [-0.39, 0.29) is 0 Å². The Balaban J connectivity index is 1.76. The second-order valence-electron chi connectivity index (χ2n) is 4.25. The van der Waals surface area contributed by atoms with Crippen molar-refractivity contribution in [2.24, 2.45) is 0 Å². The number of nitrogens with zero attached hydrogens (tertiary/aromatic N) is 3. The molecule has 3 heterocycles. The number of alkyl halides is 1. The Morgan fingerprint density at radius 1 is 1.56 bits per heavy atom. The maximum atomic E-state index is 5.96. The Bertz CT molecular complexity index is 450. The summed E-state index contributed by atoms with van der Waals surface area (Å²) >= 11 is 7.64. The number of hydrogen-bond acceptors (Lipinski definition) is 3. The first-order valence-electron chi connectivity index (χ1n) is 5.58. The molecule has 0 spiro atoms. The van der Waals surface area contributed by atoms with Gasteiger partial charge in [-0.2, -0.15) is 0 Å². The molecule has 2 aromatic heterocycles. The van der Waals surface area contributed by atoms with Crippen molar-refractivity contribution in [3.63, 3.8) is 0 Å². The molecule has 5 heteroatoms. The number of aromatic nitrogens is 2. The Morgan fingerprint density at radius 3 is 3.31 bits per heavy atom. The van der Waals surface area contributed by atoms with Crippen LogP contribution in [-0.4, -0.2) is 32.8 Å². The van der Waals surface area contributed by atoms with Crippen molar-refractivity contribution in [3.05, 3.63) is 23.5 Å². The highest BCUT2D eigenvalue weighted by Crippen LogP contribution is 2.21. The molecule has 1 atom stereocenters. The standard InChI is InChI=1S/C11H14ClN3S/c12-6-10-2-1-3-14(10)7-9-8-15-4-5-16-11(15)13-9/h4-5,8,10H,1-3,6-7H2. The maximum Gasteiger partial charge on any atom is 0.193 e. The maximum absolute atomic E-state index is 5.96. The van der Waals surface area contributed by atoms with E-state index in [1.807, 2.05) is 0 Å². The van der Waals surface area contributed by atoms with E-state index in [9.17, 15) is 0 Å². The summed E-state index contributed by atoms with van der Waals surface area (Å²) in [5.74, 6) is 0.738. The molecular weight excluding hydrogens is 242 g/mol. The van der Waals surface area contributed by atoms with E-state index in [0.717, 1.165) is 29.6 Å². The van der Waals surface area contributed by atoms with E-state index in [1.54, 1.807) is 11.3 Å². The number of imidazole rings is 1. The Kier molecular flexibility index (Phi) is 2.88. The monoisotopic (exact) mass is 255 g/mol. The third kappa shape index (κ3) is 1.85. The average molecular weight is 256 g/mol. The molecule has 3 nitrogen and oxygen atoms in total. The van der Waals surface area contributed by atoms with Crippen LogP contribution in [0.25, 0.3) is 4.96 Å². The molecule has 0 amide bonds. The van der Waals surface area contributed by atoms with E-state index in [1.165, 1.54) is 12.8 Å². The topological polar surface area (TPSA) is 20.5 Å². The lowest BCUT2D eigenvalue weighted by molar-refractivity contribution is 0.260. The van der Waals surface area contributed by atoms with Crippen LogP contribution in [0.5, 0.6) is 0 Å². The van der Waals surface area contributed by atoms with Crippen LogP contribution in [0.4, 0.5) is 0 Å². The second-order valence-corrected chi connectivity index (χ2v) is 5.43. The number of thiazole rings is 1. The quantitative estimate of drug-likeness (QED) is 0.786. The Morgan fingerprint density at radius 2 is 2.50 bits per heavy atom. The summed E-state index contributed by atoms with van der Waals surface area (Å²) < 4.78 is 2.09. The lowest BCUT2D eigenvalue weighted by Gasteiger charge is -2.20. The first-order valence-corrected chi connectivity index (χ1v) is 6.99. The smallest absolute Gasteiger partial charge is 0.193 e. The summed E-state index contributed by atoms with van der Waals surface area (Å²) in [5, 5.41) is 2.06. The van der Waals surface area contributed by atoms with Gasteiger partial charge in [0.05, 0.1) is 5.69 Å². The van der Waals surface area contributed by atoms with Crippen LogP contribution in [0.1, 0.15) is 18.5 Å². The van der Waals surface area contributed by atoms with Crippen molar-refractivity contribution in [2.45, 2.75) is 25.4 Å². The second kappa shape index (κ2) is 4.35. The number of hydrogen-bond donors (Lipinski definition) is 0. The molecular formula is C11H14ClN3S. The van der Waals surface area contributed by atoms with E-state index in [0.29, 0.717) is 6.04 Å². The summed E-state index contributed by atoms with van der Waals surface area (Å²) in [6.07, 6.45) is 6.67. The van der Waals surface area contributed by atoms with Crippen molar-refractivity contribution >= 4 is 27.9 Å². The fraction of sp³-hybridized carbons (Fsp3) is 0.545. The molecule has 0 bridgehead atoms. The van der Waals surface area contributed by atoms with Crippen LogP contribution < -0.4 is 0 Å². The average Bonchev–Trinajstić information content (AvgIpc) is 2.92. The molecule has 0 aliphatic carbocycles. The third-order valence-corrected chi connectivity index (χ3v) is 4.31. The minimum atomic E-state index is 0.543. The van der Waals surface area contributed by atoms with Crippen LogP contribution in [0.15, 0.2) is 17.8 Å². The van der Waals surface area contributed by atoms with Crippen molar-refractivity contribution in [2.75, 3.05) is 12.4 Å². The molecule has 1 aliphatic heterocycles. The Labute approximate surface area is 104 Å². The van der Waals surface area contributed by atoms with Gasteiger partial charge in [0.15, 0.2) is 4.96 Å². The Hall–Kier alpha value is -0.580. The predicted molar refractivity (Wildman–Crippen MR) is 67.2 cm³/mol. The third-order valence-electron chi connectivity index (χ3n) is 3.19. The molecule has 1 saturated heterocycles. The minimum Gasteiger partial charge on any atom is -0.297 e. The molecule has 16 heavy (non-hydrogen) atoms. The molecule has 0 radical (unpaired) electrons. The summed E-state index contributed by atoms with van der Waals surface area (Å²) in [4.78, 5) is 8.13. The van der Waals surface area contributed by atoms with Gasteiger partial charge in [-0.3, -0.25) is 9.30 Å². The molecule has 86 valence electrons. The van der Waals surface area contributed by atoms with Gasteiger partial charge in [-0.05, 0) is 19.4 Å². The van der Waals surface area contributed by atoms with Gasteiger partial charge in [0.2, 0.25) is 0 Å². The van der Waals surface area contributed by atoms with Crippen LogP contribution in [-0.2, 0) is 6.54 Å². The molecule has 3 rings (SSSR count). The fourth-order valence-corrected chi connectivity index (χ4v) is 3.41. The highest BCUT2D eigenvalue weighted by molar-refractivity contribution is 7.15. The van der Waals surface area contributed by atoms with Gasteiger partial charge in [-0.15, -0.1) is 22.9 Å². The van der Waals surface area contributed by atoms with E-state index in [2.05, 4.69) is 32.1 Å². The van der Waals surface area contributed by atoms with Crippen molar-refractivity contribution in [1.82, 2.24) is 14.3 Å². The molecule has 0 saturated carbocycles. The van der Waals surface area contributed by atoms with Crippen LogP contribution in [0, 0.1) is 0 Å². The minimum absolute atomic E-state index is 0.543. The van der Waals surface area contributed by atoms with Gasteiger partial charge >= 0.3 is 0 Å². The highest BCUT2D eigenvalue weighted by Gasteiger charge is 2.24. The first-order chi connectivity index (χ1) is 7.86. The molecule has 2 aromatic rings. The van der Waals surface area contributed by atoms with Crippen molar-refractivity contribution < 1.29 is 0 Å². The van der Waals surface area contributed by atoms with Crippen molar-refractivity contribution in [1.29, 1.82) is 0 Å². The fourth-order valence-electron chi connectivity index (χ4n) is 2.34. The van der Waals surface area contributed by atoms with E-state index >= 15 is 0 Å². The lowest BCUT2D eigenvalue weighted by Crippen LogP contribution is -2.30. The van der Waals surface area contributed by atoms with Crippen LogP contribution in [0.2, 0.25) is 0 Å². The van der Waals surface area contributed by atoms with Crippen LogP contribution in [0.3, 0.4) is 0 Å². The summed E-state index contributed by atoms with van der Waals surface area (Å²) in [5.41, 5.74) is 1.16. The largest absolute Gasteiger partial charge is 0.297 e. The molecule has 1 unspecified atom stereocenters. The van der Waals surface area contributed by atoms with Crippen LogP contribution >= 0.6 is 22.9 Å². The zero-order valence-electron chi connectivity index (χ0n) is 8.97. The predicted octanol–water partition coefficient (Wildman–Crippen LogP) is 2.60. The molecule has 1 fully saturated rings. The normalized spacial score (nSPS) is 22.2. The van der Waals surface area contributed by atoms with Gasteiger partial charge in [0.25, 0.3) is 0 Å². The van der Waals surface area contributed by atoms with Gasteiger partial charge in [0, 0.05) is 36.2 Å². The van der Waals surface area contributed by atoms with Gasteiger partial charge < -0.3 is 0 Å². The van der Waals surface area contributed by atoms with E-state index in [4.69, 9.17) is 11.6 Å². The number of likely N-dealkylation sites (tertiary alicyclic amines) is 1. The van der Waals surface area contributed by atoms with Crippen molar-refractivity contribution in [3.8, 4) is 0 Å². The number of fused-ring (bicyclic) bond motifs is 1. The summed E-state index contributed by atoms with van der Waals surface area (Å²) in [6, 6.07) is 0.543. The molecule has 1 aliphatic rings. The van der Waals surface area contributed by atoms with Gasteiger partial charge in [-0.25, -0.2) is 4.98 Å². The first kappa shape index (κ1) is 10.6. The summed E-state index contributed by atoms with van der Waals surface area (Å²) in [7, 11) is 0. The van der Waals surface area contributed by atoms with E-state index < -0.39 is 0 Å².